The number of carbonyl (C=O) groups excluding carboxylic acids is 4. The first kappa shape index (κ1) is 105. The van der Waals surface area contributed by atoms with Crippen molar-refractivity contribution in [3.05, 3.63) is 0 Å². The van der Waals surface area contributed by atoms with Crippen LogP contribution in [0.3, 0.4) is 0 Å². The maximum Gasteiger partial charge on any atom is 0.472 e. The first-order valence-corrected chi connectivity index (χ1v) is 48.5. The summed E-state index contributed by atoms with van der Waals surface area (Å²) in [4.78, 5) is 73.3. The van der Waals surface area contributed by atoms with Gasteiger partial charge in [0.25, 0.3) is 0 Å². The van der Waals surface area contributed by atoms with Gasteiger partial charge in [0, 0.05) is 25.7 Å². The number of hydrogen-bond donors (Lipinski definition) is 3. The van der Waals surface area contributed by atoms with Gasteiger partial charge in [-0.2, -0.15) is 0 Å². The van der Waals surface area contributed by atoms with E-state index in [4.69, 9.17) is 37.0 Å². The van der Waals surface area contributed by atoms with Gasteiger partial charge in [-0.25, -0.2) is 9.13 Å². The molecule has 6 atom stereocenters. The number of rotatable bonds is 87. The number of esters is 4. The standard InChI is InChI=1S/C88H172O17P2/c1-7-10-12-14-16-18-20-22-27-36-42-48-54-60-66-72-87(92)104-83(76-98-85(90)70-64-58-52-46-40-32-21-19-17-15-13-11-8-2)78-102-106(94,95)100-74-82(89)75-101-107(96,97)103-79-84(77-99-86(91)71-65-59-53-47-41-35-31-30-34-39-45-51-57-63-69-81(6)9-3)105-88(93)73-67-61-55-49-43-37-29-26-24-23-25-28-33-38-44-50-56-62-68-80(4)5/h80-84,89H,7-79H2,1-6H3,(H,94,95)(H,96,97)/t81?,82-,83+,84+/m0/s1. The van der Waals surface area contributed by atoms with Crippen LogP contribution in [0.15, 0.2) is 0 Å². The predicted molar refractivity (Wildman–Crippen MR) is 442 cm³/mol. The Kier molecular flexibility index (Phi) is 77.9. The lowest BCUT2D eigenvalue weighted by Gasteiger charge is -2.21. The highest BCUT2D eigenvalue weighted by molar-refractivity contribution is 7.47. The van der Waals surface area contributed by atoms with Gasteiger partial charge in [-0.3, -0.25) is 37.3 Å². The second kappa shape index (κ2) is 79.3. The number of hydrogen-bond acceptors (Lipinski definition) is 15. The molecule has 107 heavy (non-hydrogen) atoms. The van der Waals surface area contributed by atoms with E-state index in [0.29, 0.717) is 25.7 Å². The smallest absolute Gasteiger partial charge is 0.462 e. The molecule has 0 fully saturated rings. The topological polar surface area (TPSA) is 237 Å². The monoisotopic (exact) mass is 1560 g/mol. The molecule has 0 aromatic rings. The van der Waals surface area contributed by atoms with Crippen LogP contribution in [0.25, 0.3) is 0 Å². The lowest BCUT2D eigenvalue weighted by Crippen LogP contribution is -2.30. The summed E-state index contributed by atoms with van der Waals surface area (Å²) in [7, 11) is -9.93. The van der Waals surface area contributed by atoms with Crippen LogP contribution in [0.1, 0.15) is 472 Å². The molecule has 0 aliphatic rings. The van der Waals surface area contributed by atoms with Gasteiger partial charge in [0.1, 0.15) is 19.3 Å². The molecule has 0 amide bonds. The Morgan fingerprint density at radius 2 is 0.477 bits per heavy atom. The average molecular weight is 1560 g/mol. The quantitative estimate of drug-likeness (QED) is 0.0222. The fourth-order valence-electron chi connectivity index (χ4n) is 13.7. The number of phosphoric ester groups is 2. The lowest BCUT2D eigenvalue weighted by atomic mass is 9.99. The summed E-state index contributed by atoms with van der Waals surface area (Å²) < 4.78 is 69.0. The van der Waals surface area contributed by atoms with Crippen molar-refractivity contribution >= 4 is 39.5 Å². The van der Waals surface area contributed by atoms with Gasteiger partial charge >= 0.3 is 39.5 Å². The minimum atomic E-state index is -4.97. The van der Waals surface area contributed by atoms with Gasteiger partial charge in [-0.1, -0.05) is 420 Å². The van der Waals surface area contributed by atoms with E-state index < -0.39 is 97.5 Å². The van der Waals surface area contributed by atoms with Crippen LogP contribution in [0.5, 0.6) is 0 Å². The minimum absolute atomic E-state index is 0.109. The Morgan fingerprint density at radius 3 is 0.710 bits per heavy atom. The third kappa shape index (κ3) is 80.5. The molecule has 0 rings (SSSR count). The summed E-state index contributed by atoms with van der Waals surface area (Å²) in [5, 5.41) is 10.7. The summed E-state index contributed by atoms with van der Waals surface area (Å²) in [5.41, 5.74) is 0. The number of carbonyl (C=O) groups is 4. The number of ether oxygens (including phenoxy) is 4. The van der Waals surface area contributed by atoms with Crippen LogP contribution in [0.4, 0.5) is 0 Å². The first-order chi connectivity index (χ1) is 51.9. The Hall–Kier alpha value is -1.94. The van der Waals surface area contributed by atoms with Crippen LogP contribution in [0.2, 0.25) is 0 Å². The van der Waals surface area contributed by atoms with Crippen molar-refractivity contribution in [2.24, 2.45) is 11.8 Å². The van der Waals surface area contributed by atoms with E-state index in [1.54, 1.807) is 0 Å². The summed E-state index contributed by atoms with van der Waals surface area (Å²) in [6, 6.07) is 0. The van der Waals surface area contributed by atoms with E-state index in [2.05, 4.69) is 41.5 Å². The number of unbranched alkanes of at least 4 members (excludes halogenated alkanes) is 56. The van der Waals surface area contributed by atoms with Crippen LogP contribution in [-0.4, -0.2) is 96.7 Å². The maximum atomic E-state index is 13.2. The second-order valence-corrected chi connectivity index (χ2v) is 35.3. The molecule has 0 bridgehead atoms. The highest BCUT2D eigenvalue weighted by Crippen LogP contribution is 2.45. The summed E-state index contributed by atoms with van der Waals surface area (Å²) in [6.07, 6.45) is 72.0. The molecule has 19 heteroatoms. The van der Waals surface area contributed by atoms with Crippen LogP contribution >= 0.6 is 15.6 Å². The molecule has 0 aromatic heterocycles. The Balaban J connectivity index is 5.26. The van der Waals surface area contributed by atoms with Gasteiger partial charge in [0.15, 0.2) is 12.2 Å². The number of aliphatic hydroxyl groups excluding tert-OH is 1. The van der Waals surface area contributed by atoms with Crippen molar-refractivity contribution in [1.82, 2.24) is 0 Å². The van der Waals surface area contributed by atoms with Gasteiger partial charge in [0.05, 0.1) is 26.4 Å². The summed E-state index contributed by atoms with van der Waals surface area (Å²) >= 11 is 0. The van der Waals surface area contributed by atoms with Gasteiger partial charge in [-0.05, 0) is 37.5 Å². The van der Waals surface area contributed by atoms with Crippen molar-refractivity contribution in [3.63, 3.8) is 0 Å². The zero-order valence-corrected chi connectivity index (χ0v) is 72.2. The highest BCUT2D eigenvalue weighted by Gasteiger charge is 2.31. The van der Waals surface area contributed by atoms with Crippen LogP contribution < -0.4 is 0 Å². The van der Waals surface area contributed by atoms with E-state index in [-0.39, 0.29) is 25.7 Å². The minimum Gasteiger partial charge on any atom is -0.462 e. The van der Waals surface area contributed by atoms with Crippen molar-refractivity contribution < 1.29 is 80.2 Å². The van der Waals surface area contributed by atoms with Crippen molar-refractivity contribution in [2.45, 2.75) is 490 Å². The second-order valence-electron chi connectivity index (χ2n) is 32.4. The van der Waals surface area contributed by atoms with Crippen molar-refractivity contribution in [2.75, 3.05) is 39.6 Å². The summed E-state index contributed by atoms with van der Waals surface area (Å²) in [6.45, 7) is 9.79. The van der Waals surface area contributed by atoms with Crippen LogP contribution in [0, 0.1) is 11.8 Å². The Morgan fingerprint density at radius 1 is 0.271 bits per heavy atom. The van der Waals surface area contributed by atoms with Crippen LogP contribution in [-0.2, 0) is 65.4 Å². The molecule has 3 N–H and O–H groups in total. The van der Waals surface area contributed by atoms with Crippen molar-refractivity contribution in [3.8, 4) is 0 Å². The molecular weight excluding hydrogens is 1390 g/mol. The molecule has 0 saturated heterocycles. The molecule has 0 aliphatic carbocycles. The van der Waals surface area contributed by atoms with Gasteiger partial charge < -0.3 is 33.8 Å². The largest absolute Gasteiger partial charge is 0.472 e. The predicted octanol–water partition coefficient (Wildman–Crippen LogP) is 27.0. The molecule has 0 spiro atoms. The number of aliphatic hydroxyl groups is 1. The fourth-order valence-corrected chi connectivity index (χ4v) is 15.3. The number of phosphoric acid groups is 2. The molecule has 0 radical (unpaired) electrons. The van der Waals surface area contributed by atoms with E-state index in [1.807, 2.05) is 0 Å². The van der Waals surface area contributed by atoms with E-state index >= 15 is 0 Å². The zero-order chi connectivity index (χ0) is 78.5. The molecule has 17 nitrogen and oxygen atoms in total. The van der Waals surface area contributed by atoms with Crippen molar-refractivity contribution in [1.29, 1.82) is 0 Å². The molecule has 3 unspecified atom stereocenters. The average Bonchev–Trinajstić information content (AvgIpc) is 0.898. The van der Waals surface area contributed by atoms with E-state index in [0.717, 1.165) is 102 Å². The fraction of sp³-hybridized carbons (Fsp3) is 0.955. The van der Waals surface area contributed by atoms with Gasteiger partial charge in [-0.15, -0.1) is 0 Å². The van der Waals surface area contributed by atoms with E-state index in [1.165, 1.54) is 289 Å². The highest BCUT2D eigenvalue weighted by atomic mass is 31.2. The molecule has 0 aliphatic heterocycles. The Labute approximate surface area is 658 Å². The summed E-state index contributed by atoms with van der Waals surface area (Å²) in [5.74, 6) is -0.426. The third-order valence-corrected chi connectivity index (χ3v) is 23.0. The SMILES string of the molecule is CCCCCCCCCCCCCCCCCC(=O)O[C@H](COC(=O)CCCCCCCCCCCCCCC)COP(=O)(O)OC[C@H](O)COP(=O)(O)OC[C@@H](COC(=O)CCCCCCCCCCCCCCCCC(C)CC)OC(=O)CCCCCCCCCCCCCCCCCCCCC(C)C. The lowest BCUT2D eigenvalue weighted by molar-refractivity contribution is -0.161. The molecule has 636 valence electrons. The zero-order valence-electron chi connectivity index (χ0n) is 70.5. The van der Waals surface area contributed by atoms with Gasteiger partial charge in [0.2, 0.25) is 0 Å². The molecule has 0 heterocycles. The molecular formula is C88H172O17P2. The molecule has 0 saturated carbocycles. The third-order valence-electron chi connectivity index (χ3n) is 21.1. The first-order valence-electron chi connectivity index (χ1n) is 45.5. The maximum absolute atomic E-state index is 13.2. The Bertz CT molecular complexity index is 2050. The normalized spacial score (nSPS) is 14.0. The molecule has 0 aromatic carbocycles. The van der Waals surface area contributed by atoms with E-state index in [9.17, 15) is 43.2 Å².